The number of fused-ring (bicyclic) bond motifs is 1. The van der Waals surface area contributed by atoms with Gasteiger partial charge in [0, 0.05) is 19.5 Å². The number of carbonyl (C=O) groups is 1. The Morgan fingerprint density at radius 3 is 2.95 bits per heavy atom. The molecule has 1 amide bonds. The van der Waals surface area contributed by atoms with E-state index in [1.165, 1.54) is 0 Å². The monoisotopic (exact) mass is 302 g/mol. The van der Waals surface area contributed by atoms with Gasteiger partial charge in [0.25, 0.3) is 0 Å². The van der Waals surface area contributed by atoms with E-state index in [1.54, 1.807) is 0 Å². The minimum Gasteiger partial charge on any atom is -0.390 e. The van der Waals surface area contributed by atoms with Crippen LogP contribution in [0.2, 0.25) is 0 Å². The predicted molar refractivity (Wildman–Crippen MR) is 86.4 cm³/mol. The zero-order valence-electron chi connectivity index (χ0n) is 13.5. The SMILES string of the molecule is CC(C)CN1CCC(C(=O)NC2c3ccccc3CC2O)C1. The summed E-state index contributed by atoms with van der Waals surface area (Å²) in [6.07, 6.45) is 1.04. The number of nitrogens with one attached hydrogen (secondary N) is 1. The van der Waals surface area contributed by atoms with Gasteiger partial charge in [-0.05, 0) is 30.0 Å². The van der Waals surface area contributed by atoms with Crippen molar-refractivity contribution < 1.29 is 9.90 Å². The van der Waals surface area contributed by atoms with Crippen molar-refractivity contribution in [3.63, 3.8) is 0 Å². The number of nitrogens with zero attached hydrogens (tertiary/aromatic N) is 1. The van der Waals surface area contributed by atoms with Crippen LogP contribution in [0.1, 0.15) is 37.4 Å². The highest BCUT2D eigenvalue weighted by molar-refractivity contribution is 5.80. The van der Waals surface area contributed by atoms with Crippen molar-refractivity contribution in [2.24, 2.45) is 11.8 Å². The van der Waals surface area contributed by atoms with Gasteiger partial charge in [0.15, 0.2) is 0 Å². The standard InChI is InChI=1S/C18H26N2O2/c1-12(2)10-20-8-7-14(11-20)18(22)19-17-15-6-4-3-5-13(15)9-16(17)21/h3-6,12,14,16-17,21H,7-11H2,1-2H3,(H,19,22). The first-order chi connectivity index (χ1) is 10.5. The van der Waals surface area contributed by atoms with Gasteiger partial charge in [0.05, 0.1) is 18.1 Å². The Labute approximate surface area is 132 Å². The van der Waals surface area contributed by atoms with Crippen molar-refractivity contribution >= 4 is 5.91 Å². The fourth-order valence-electron chi connectivity index (χ4n) is 3.75. The van der Waals surface area contributed by atoms with E-state index in [9.17, 15) is 9.90 Å². The Morgan fingerprint density at radius 1 is 1.41 bits per heavy atom. The molecule has 0 aromatic heterocycles. The van der Waals surface area contributed by atoms with Crippen LogP contribution in [0.3, 0.4) is 0 Å². The zero-order valence-corrected chi connectivity index (χ0v) is 13.5. The van der Waals surface area contributed by atoms with E-state index < -0.39 is 6.10 Å². The lowest BCUT2D eigenvalue weighted by atomic mass is 10.0. The minimum absolute atomic E-state index is 0.0544. The third-order valence-corrected chi connectivity index (χ3v) is 4.77. The summed E-state index contributed by atoms with van der Waals surface area (Å²) in [6, 6.07) is 7.75. The fourth-order valence-corrected chi connectivity index (χ4v) is 3.75. The highest BCUT2D eigenvalue weighted by atomic mass is 16.3. The molecule has 0 spiro atoms. The summed E-state index contributed by atoms with van der Waals surface area (Å²) in [6.45, 7) is 7.31. The normalized spacial score (nSPS) is 28.1. The first-order valence-corrected chi connectivity index (χ1v) is 8.33. The van der Waals surface area contributed by atoms with Gasteiger partial charge >= 0.3 is 0 Å². The molecule has 0 saturated carbocycles. The Hall–Kier alpha value is -1.39. The molecule has 1 heterocycles. The second-order valence-corrected chi connectivity index (χ2v) is 7.10. The first-order valence-electron chi connectivity index (χ1n) is 8.33. The van der Waals surface area contributed by atoms with Crippen molar-refractivity contribution in [3.05, 3.63) is 35.4 Å². The molecule has 3 rings (SSSR count). The lowest BCUT2D eigenvalue weighted by Crippen LogP contribution is -2.39. The summed E-state index contributed by atoms with van der Waals surface area (Å²) in [5.74, 6) is 0.774. The molecular weight excluding hydrogens is 276 g/mol. The molecule has 2 N–H and O–H groups in total. The van der Waals surface area contributed by atoms with E-state index in [0.29, 0.717) is 12.3 Å². The number of hydrogen-bond acceptors (Lipinski definition) is 3. The first kappa shape index (κ1) is 15.5. The average molecular weight is 302 g/mol. The molecule has 2 aliphatic rings. The van der Waals surface area contributed by atoms with Gasteiger partial charge in [-0.2, -0.15) is 0 Å². The molecule has 4 heteroatoms. The molecule has 1 aliphatic heterocycles. The lowest BCUT2D eigenvalue weighted by molar-refractivity contribution is -0.126. The Bertz CT molecular complexity index is 544. The molecule has 0 radical (unpaired) electrons. The molecule has 3 atom stereocenters. The average Bonchev–Trinajstić information content (AvgIpc) is 3.04. The van der Waals surface area contributed by atoms with Crippen LogP contribution in [0, 0.1) is 11.8 Å². The van der Waals surface area contributed by atoms with E-state index >= 15 is 0 Å². The second kappa shape index (κ2) is 6.39. The van der Waals surface area contributed by atoms with Gasteiger partial charge in [-0.25, -0.2) is 0 Å². The fraction of sp³-hybridized carbons (Fsp3) is 0.611. The Balaban J connectivity index is 1.61. The summed E-state index contributed by atoms with van der Waals surface area (Å²) in [5, 5.41) is 13.3. The van der Waals surface area contributed by atoms with Gasteiger partial charge in [-0.3, -0.25) is 4.79 Å². The molecule has 1 fully saturated rings. The predicted octanol–water partition coefficient (Wildman–Crippen LogP) is 1.74. The number of likely N-dealkylation sites (tertiary alicyclic amines) is 1. The minimum atomic E-state index is -0.505. The van der Waals surface area contributed by atoms with Crippen molar-refractivity contribution in [2.45, 2.75) is 38.8 Å². The molecule has 0 bridgehead atoms. The lowest BCUT2D eigenvalue weighted by Gasteiger charge is -2.21. The maximum absolute atomic E-state index is 12.5. The maximum Gasteiger partial charge on any atom is 0.225 e. The van der Waals surface area contributed by atoms with E-state index in [-0.39, 0.29) is 17.9 Å². The smallest absolute Gasteiger partial charge is 0.225 e. The third kappa shape index (κ3) is 3.18. The van der Waals surface area contributed by atoms with Crippen LogP contribution >= 0.6 is 0 Å². The highest BCUT2D eigenvalue weighted by Gasteiger charge is 2.35. The summed E-state index contributed by atoms with van der Waals surface area (Å²) in [7, 11) is 0. The van der Waals surface area contributed by atoms with Crippen LogP contribution < -0.4 is 5.32 Å². The quantitative estimate of drug-likeness (QED) is 0.891. The molecule has 1 saturated heterocycles. The number of carbonyl (C=O) groups excluding carboxylic acids is 1. The molecule has 3 unspecified atom stereocenters. The van der Waals surface area contributed by atoms with E-state index in [4.69, 9.17) is 0 Å². The molecule has 1 aromatic carbocycles. The van der Waals surface area contributed by atoms with Gasteiger partial charge in [0.1, 0.15) is 0 Å². The number of rotatable bonds is 4. The maximum atomic E-state index is 12.5. The van der Waals surface area contributed by atoms with Crippen LogP contribution in [-0.2, 0) is 11.2 Å². The van der Waals surface area contributed by atoms with Crippen LogP contribution in [0.4, 0.5) is 0 Å². The molecular formula is C18H26N2O2. The van der Waals surface area contributed by atoms with Crippen molar-refractivity contribution in [1.82, 2.24) is 10.2 Å². The summed E-state index contributed by atoms with van der Waals surface area (Å²) >= 11 is 0. The molecule has 4 nitrogen and oxygen atoms in total. The number of aliphatic hydroxyl groups excluding tert-OH is 1. The van der Waals surface area contributed by atoms with E-state index in [1.807, 2.05) is 24.3 Å². The van der Waals surface area contributed by atoms with Crippen LogP contribution in [-0.4, -0.2) is 41.7 Å². The number of benzene rings is 1. The van der Waals surface area contributed by atoms with Gasteiger partial charge < -0.3 is 15.3 Å². The molecule has 1 aliphatic carbocycles. The Morgan fingerprint density at radius 2 is 2.18 bits per heavy atom. The van der Waals surface area contributed by atoms with Crippen LogP contribution in [0.25, 0.3) is 0 Å². The summed E-state index contributed by atoms with van der Waals surface area (Å²) in [4.78, 5) is 14.9. The number of amides is 1. The Kier molecular flexibility index (Phi) is 4.50. The number of aliphatic hydroxyl groups is 1. The van der Waals surface area contributed by atoms with E-state index in [2.05, 4.69) is 24.1 Å². The van der Waals surface area contributed by atoms with Crippen LogP contribution in [0.15, 0.2) is 24.3 Å². The largest absolute Gasteiger partial charge is 0.390 e. The molecule has 1 aromatic rings. The zero-order chi connectivity index (χ0) is 15.7. The van der Waals surface area contributed by atoms with E-state index in [0.717, 1.165) is 37.2 Å². The topological polar surface area (TPSA) is 52.6 Å². The van der Waals surface area contributed by atoms with Crippen molar-refractivity contribution in [2.75, 3.05) is 19.6 Å². The van der Waals surface area contributed by atoms with Gasteiger partial charge in [-0.15, -0.1) is 0 Å². The van der Waals surface area contributed by atoms with Crippen molar-refractivity contribution in [1.29, 1.82) is 0 Å². The highest BCUT2D eigenvalue weighted by Crippen LogP contribution is 2.32. The molecule has 120 valence electrons. The summed E-state index contributed by atoms with van der Waals surface area (Å²) in [5.41, 5.74) is 2.22. The van der Waals surface area contributed by atoms with Gasteiger partial charge in [0.2, 0.25) is 5.91 Å². The van der Waals surface area contributed by atoms with Crippen LogP contribution in [0.5, 0.6) is 0 Å². The van der Waals surface area contributed by atoms with Crippen molar-refractivity contribution in [3.8, 4) is 0 Å². The number of hydrogen-bond donors (Lipinski definition) is 2. The van der Waals surface area contributed by atoms with Gasteiger partial charge in [-0.1, -0.05) is 38.1 Å². The summed E-state index contributed by atoms with van der Waals surface area (Å²) < 4.78 is 0. The second-order valence-electron chi connectivity index (χ2n) is 7.10. The third-order valence-electron chi connectivity index (χ3n) is 4.77. The molecule has 22 heavy (non-hydrogen) atoms.